The average Bonchev–Trinajstić information content (AvgIpc) is 3.33. The number of ether oxygens (including phenoxy) is 4. The zero-order chi connectivity index (χ0) is 24.7. The van der Waals surface area contributed by atoms with E-state index in [2.05, 4.69) is 15.9 Å². The van der Waals surface area contributed by atoms with Gasteiger partial charge in [0.1, 0.15) is 17.1 Å². The van der Waals surface area contributed by atoms with Crippen molar-refractivity contribution in [1.82, 2.24) is 5.01 Å². The largest absolute Gasteiger partial charge is 0.496 e. The predicted molar refractivity (Wildman–Crippen MR) is 133 cm³/mol. The molecule has 3 aromatic rings. The fourth-order valence-corrected chi connectivity index (χ4v) is 5.06. The molecule has 2 aliphatic rings. The van der Waals surface area contributed by atoms with Crippen molar-refractivity contribution in [1.29, 1.82) is 0 Å². The molecule has 0 bridgehead atoms. The smallest absolute Gasteiger partial charge is 0.340 e. The summed E-state index contributed by atoms with van der Waals surface area (Å²) in [7, 11) is 4.51. The van der Waals surface area contributed by atoms with Crippen molar-refractivity contribution in [3.8, 4) is 23.0 Å². The number of methoxy groups -OCH3 is 3. The second kappa shape index (κ2) is 9.14. The SMILES string of the molecule is COc1ccccc1C1=NN2[C@H](C1)c1cc(Br)ccc1O[C@H]2c1ccc(OC)c(OC)c1C(=O)O. The van der Waals surface area contributed by atoms with Crippen LogP contribution < -0.4 is 18.9 Å². The Balaban J connectivity index is 1.69. The van der Waals surface area contributed by atoms with Gasteiger partial charge in [0.15, 0.2) is 11.5 Å². The Kier molecular flexibility index (Phi) is 6.02. The number of hydrazone groups is 1. The first-order valence-corrected chi connectivity index (χ1v) is 11.7. The lowest BCUT2D eigenvalue weighted by molar-refractivity contribution is -0.0199. The van der Waals surface area contributed by atoms with E-state index >= 15 is 0 Å². The van der Waals surface area contributed by atoms with Crippen LogP contribution in [-0.4, -0.2) is 43.1 Å². The zero-order valence-electron chi connectivity index (χ0n) is 19.3. The average molecular weight is 539 g/mol. The van der Waals surface area contributed by atoms with Crippen molar-refractivity contribution in [3.05, 3.63) is 81.3 Å². The number of carbonyl (C=O) groups is 1. The van der Waals surface area contributed by atoms with E-state index in [0.717, 1.165) is 27.1 Å². The lowest BCUT2D eigenvalue weighted by Gasteiger charge is -2.38. The quantitative estimate of drug-likeness (QED) is 0.448. The van der Waals surface area contributed by atoms with E-state index in [1.54, 1.807) is 19.2 Å². The van der Waals surface area contributed by atoms with Crippen molar-refractivity contribution in [3.63, 3.8) is 0 Å². The van der Waals surface area contributed by atoms with Gasteiger partial charge >= 0.3 is 5.97 Å². The van der Waals surface area contributed by atoms with Crippen molar-refractivity contribution >= 4 is 27.6 Å². The molecule has 0 unspecified atom stereocenters. The molecule has 9 heteroatoms. The minimum atomic E-state index is -1.15. The highest BCUT2D eigenvalue weighted by Gasteiger charge is 2.43. The maximum atomic E-state index is 12.4. The van der Waals surface area contributed by atoms with Crippen molar-refractivity contribution in [2.24, 2.45) is 5.10 Å². The summed E-state index contributed by atoms with van der Waals surface area (Å²) in [6.07, 6.45) is -0.203. The summed E-state index contributed by atoms with van der Waals surface area (Å²) in [5.41, 5.74) is 3.05. The van der Waals surface area contributed by atoms with Crippen LogP contribution in [0, 0.1) is 0 Å². The number of rotatable bonds is 6. The Labute approximate surface area is 210 Å². The van der Waals surface area contributed by atoms with Crippen LogP contribution in [0.5, 0.6) is 23.0 Å². The summed E-state index contributed by atoms with van der Waals surface area (Å²) in [5, 5.41) is 16.9. The van der Waals surface area contributed by atoms with Gasteiger partial charge in [0.25, 0.3) is 0 Å². The normalized spacial score (nSPS) is 18.2. The summed E-state index contributed by atoms with van der Waals surface area (Å²) in [6, 6.07) is 16.7. The summed E-state index contributed by atoms with van der Waals surface area (Å²) in [6.45, 7) is 0. The van der Waals surface area contributed by atoms with E-state index in [9.17, 15) is 9.90 Å². The van der Waals surface area contributed by atoms with Crippen LogP contribution in [0.15, 0.2) is 64.2 Å². The molecule has 0 saturated heterocycles. The first kappa shape index (κ1) is 23.0. The molecule has 2 heterocycles. The molecule has 0 amide bonds. The molecule has 0 aromatic heterocycles. The Morgan fingerprint density at radius 3 is 2.51 bits per heavy atom. The fraction of sp³-hybridized carbons (Fsp3) is 0.231. The molecule has 35 heavy (non-hydrogen) atoms. The topological polar surface area (TPSA) is 89.8 Å². The summed E-state index contributed by atoms with van der Waals surface area (Å²) >= 11 is 3.56. The van der Waals surface area contributed by atoms with Gasteiger partial charge in [-0.1, -0.05) is 28.1 Å². The number of hydrogen-bond acceptors (Lipinski definition) is 7. The van der Waals surface area contributed by atoms with E-state index in [4.69, 9.17) is 24.0 Å². The van der Waals surface area contributed by atoms with Gasteiger partial charge in [-0.05, 0) is 42.5 Å². The lowest BCUT2D eigenvalue weighted by Crippen LogP contribution is -2.34. The summed E-state index contributed by atoms with van der Waals surface area (Å²) in [4.78, 5) is 12.4. The third-order valence-corrected chi connectivity index (χ3v) is 6.72. The van der Waals surface area contributed by atoms with Gasteiger partial charge in [-0.2, -0.15) is 5.10 Å². The Morgan fingerprint density at radius 1 is 1.03 bits per heavy atom. The van der Waals surface area contributed by atoms with Gasteiger partial charge in [0, 0.05) is 27.6 Å². The number of para-hydroxylation sites is 1. The third-order valence-electron chi connectivity index (χ3n) is 6.23. The van der Waals surface area contributed by atoms with E-state index in [0.29, 0.717) is 23.5 Å². The number of carboxylic acids is 1. The van der Waals surface area contributed by atoms with Gasteiger partial charge in [0.2, 0.25) is 6.23 Å². The monoisotopic (exact) mass is 538 g/mol. The molecule has 3 aromatic carbocycles. The number of aromatic carboxylic acids is 1. The first-order valence-electron chi connectivity index (χ1n) is 10.9. The van der Waals surface area contributed by atoms with E-state index in [1.807, 2.05) is 47.5 Å². The van der Waals surface area contributed by atoms with Crippen LogP contribution in [0.3, 0.4) is 0 Å². The number of halogens is 1. The van der Waals surface area contributed by atoms with Crippen LogP contribution in [0.4, 0.5) is 0 Å². The van der Waals surface area contributed by atoms with Gasteiger partial charge in [-0.25, -0.2) is 9.80 Å². The minimum absolute atomic E-state index is 0.0305. The van der Waals surface area contributed by atoms with E-state index < -0.39 is 12.2 Å². The Morgan fingerprint density at radius 2 is 1.80 bits per heavy atom. The number of benzene rings is 3. The van der Waals surface area contributed by atoms with E-state index in [1.165, 1.54) is 14.2 Å². The van der Waals surface area contributed by atoms with Crippen LogP contribution in [0.2, 0.25) is 0 Å². The van der Waals surface area contributed by atoms with Crippen LogP contribution in [0.25, 0.3) is 0 Å². The van der Waals surface area contributed by atoms with Crippen LogP contribution >= 0.6 is 15.9 Å². The standard InChI is InChI=1S/C26H23BrN2O6/c1-32-20-7-5-4-6-15(20)18-13-19-17-12-14(27)8-10-21(17)35-25(29(19)28-18)16-9-11-22(33-2)24(34-3)23(16)26(30)31/h4-12,19,25H,13H2,1-3H3,(H,30,31)/t19-,25+/m1/s1. The molecular formula is C26H23BrN2O6. The Bertz CT molecular complexity index is 1340. The van der Waals surface area contributed by atoms with Crippen molar-refractivity contribution < 1.29 is 28.8 Å². The van der Waals surface area contributed by atoms with Gasteiger partial charge in [-0.15, -0.1) is 0 Å². The predicted octanol–water partition coefficient (Wildman–Crippen LogP) is 5.42. The van der Waals surface area contributed by atoms with Gasteiger partial charge in [-0.3, -0.25) is 0 Å². The first-order chi connectivity index (χ1) is 17.0. The highest BCUT2D eigenvalue weighted by Crippen LogP contribution is 2.50. The molecule has 2 atom stereocenters. The van der Waals surface area contributed by atoms with Gasteiger partial charge in [0.05, 0.1) is 33.1 Å². The molecule has 0 fully saturated rings. The van der Waals surface area contributed by atoms with Crippen molar-refractivity contribution in [2.45, 2.75) is 18.7 Å². The molecule has 0 saturated carbocycles. The summed E-state index contributed by atoms with van der Waals surface area (Å²) < 4.78 is 23.7. The number of carboxylic acid groups (broad SMARTS) is 1. The molecule has 2 aliphatic heterocycles. The fourth-order valence-electron chi connectivity index (χ4n) is 4.68. The molecule has 8 nitrogen and oxygen atoms in total. The van der Waals surface area contributed by atoms with E-state index in [-0.39, 0.29) is 17.4 Å². The second-order valence-corrected chi connectivity index (χ2v) is 8.99. The number of fused-ring (bicyclic) bond motifs is 3. The molecule has 0 radical (unpaired) electrons. The van der Waals surface area contributed by atoms with Crippen LogP contribution in [0.1, 0.15) is 45.7 Å². The Hall–Kier alpha value is -3.72. The maximum Gasteiger partial charge on any atom is 0.340 e. The third kappa shape index (κ3) is 3.85. The van der Waals surface area contributed by atoms with Gasteiger partial charge < -0.3 is 24.1 Å². The maximum absolute atomic E-state index is 12.4. The molecule has 1 N–H and O–H groups in total. The second-order valence-electron chi connectivity index (χ2n) is 8.07. The van der Waals surface area contributed by atoms with Crippen LogP contribution in [-0.2, 0) is 0 Å². The molecule has 0 aliphatic carbocycles. The highest BCUT2D eigenvalue weighted by atomic mass is 79.9. The molecule has 180 valence electrons. The number of hydrogen-bond donors (Lipinski definition) is 1. The minimum Gasteiger partial charge on any atom is -0.496 e. The lowest BCUT2D eigenvalue weighted by atomic mass is 9.94. The zero-order valence-corrected chi connectivity index (χ0v) is 20.9. The highest BCUT2D eigenvalue weighted by molar-refractivity contribution is 9.10. The molecule has 5 rings (SSSR count). The summed E-state index contributed by atoms with van der Waals surface area (Å²) in [5.74, 6) is 0.695. The number of nitrogens with zero attached hydrogens (tertiary/aromatic N) is 2. The van der Waals surface area contributed by atoms with Crippen molar-refractivity contribution in [2.75, 3.05) is 21.3 Å². The molecule has 0 spiro atoms. The molecular weight excluding hydrogens is 516 g/mol.